The number of aliphatic hydroxyl groups is 3. The van der Waals surface area contributed by atoms with Crippen LogP contribution in [-0.2, 0) is 6.54 Å². The molecule has 0 unspecified atom stereocenters. The Kier molecular flexibility index (Phi) is 5.71. The average Bonchev–Trinajstić information content (AvgIpc) is 2.49. The van der Waals surface area contributed by atoms with Crippen LogP contribution in [0.1, 0.15) is 11.1 Å². The minimum Gasteiger partial charge on any atom is -0.409 e. The van der Waals surface area contributed by atoms with E-state index in [0.717, 1.165) is 5.56 Å². The summed E-state index contributed by atoms with van der Waals surface area (Å²) < 4.78 is 0. The molecule has 0 fully saturated rings. The predicted molar refractivity (Wildman–Crippen MR) is 69.8 cm³/mol. The Balaban J connectivity index is 2.68. The van der Waals surface area contributed by atoms with Crippen LogP contribution in [0.4, 0.5) is 0 Å². The molecule has 0 aliphatic heterocycles. The van der Waals surface area contributed by atoms with Gasteiger partial charge in [-0.1, -0.05) is 29.4 Å². The van der Waals surface area contributed by atoms with Crippen LogP contribution in [0.5, 0.6) is 0 Å². The first-order chi connectivity index (χ1) is 9.10. The molecule has 7 heteroatoms. The Labute approximate surface area is 111 Å². The second-order valence-corrected chi connectivity index (χ2v) is 4.29. The summed E-state index contributed by atoms with van der Waals surface area (Å²) in [6, 6.07) is 6.89. The van der Waals surface area contributed by atoms with Crippen molar-refractivity contribution in [3.05, 3.63) is 35.4 Å². The molecule has 0 amide bonds. The minimum absolute atomic E-state index is 0.0231. The molecule has 0 aliphatic carbocycles. The number of nitrogens with two attached hydrogens (primary N) is 1. The fourth-order valence-corrected chi connectivity index (χ4v) is 1.46. The topological polar surface area (TPSA) is 131 Å². The van der Waals surface area contributed by atoms with Crippen molar-refractivity contribution in [3.8, 4) is 0 Å². The van der Waals surface area contributed by atoms with Gasteiger partial charge >= 0.3 is 0 Å². The predicted octanol–water partition coefficient (Wildman–Crippen LogP) is -1.41. The summed E-state index contributed by atoms with van der Waals surface area (Å²) in [5, 5.41) is 41.8. The molecule has 0 bridgehead atoms. The first-order valence-corrected chi connectivity index (χ1v) is 5.75. The normalized spacial score (nSPS) is 12.7. The van der Waals surface area contributed by atoms with Gasteiger partial charge in [-0.2, -0.15) is 0 Å². The van der Waals surface area contributed by atoms with E-state index < -0.39 is 5.54 Å². The number of nitrogens with one attached hydrogen (secondary N) is 1. The molecule has 0 saturated heterocycles. The quantitative estimate of drug-likeness (QED) is 0.156. The van der Waals surface area contributed by atoms with Gasteiger partial charge in [-0.25, -0.2) is 0 Å². The monoisotopic (exact) mass is 269 g/mol. The molecule has 0 heterocycles. The van der Waals surface area contributed by atoms with Crippen molar-refractivity contribution >= 4 is 5.84 Å². The van der Waals surface area contributed by atoms with Crippen molar-refractivity contribution in [3.63, 3.8) is 0 Å². The summed E-state index contributed by atoms with van der Waals surface area (Å²) >= 11 is 0. The number of nitrogens with zero attached hydrogens (tertiary/aromatic N) is 1. The molecule has 0 saturated carbocycles. The lowest BCUT2D eigenvalue weighted by atomic mass is 10.0. The van der Waals surface area contributed by atoms with Crippen molar-refractivity contribution in [1.82, 2.24) is 5.32 Å². The summed E-state index contributed by atoms with van der Waals surface area (Å²) in [6.45, 7) is -0.759. The van der Waals surface area contributed by atoms with E-state index in [0.29, 0.717) is 12.1 Å². The zero-order chi connectivity index (χ0) is 14.3. The molecule has 1 aromatic carbocycles. The maximum atomic E-state index is 9.16. The van der Waals surface area contributed by atoms with Crippen LogP contribution in [0, 0.1) is 0 Å². The van der Waals surface area contributed by atoms with Gasteiger partial charge in [0.15, 0.2) is 5.84 Å². The summed E-state index contributed by atoms with van der Waals surface area (Å²) in [4.78, 5) is 0. The van der Waals surface area contributed by atoms with Crippen LogP contribution >= 0.6 is 0 Å². The standard InChI is InChI=1S/C12H19N3O4/c13-11(15-19)10-3-1-9(2-4-10)5-14-12(6-16,7-17)8-18/h1-4,14,16-19H,5-8H2,(H2,13,15). The van der Waals surface area contributed by atoms with Crippen LogP contribution < -0.4 is 11.1 Å². The van der Waals surface area contributed by atoms with E-state index in [1.165, 1.54) is 0 Å². The van der Waals surface area contributed by atoms with Gasteiger partial charge in [-0.3, -0.25) is 0 Å². The lowest BCUT2D eigenvalue weighted by Gasteiger charge is -2.28. The van der Waals surface area contributed by atoms with Crippen LogP contribution in [-0.4, -0.2) is 51.7 Å². The lowest BCUT2D eigenvalue weighted by molar-refractivity contribution is 0.0414. The summed E-state index contributed by atoms with van der Waals surface area (Å²) in [5.41, 5.74) is 5.79. The van der Waals surface area contributed by atoms with Gasteiger partial charge < -0.3 is 31.6 Å². The lowest BCUT2D eigenvalue weighted by Crippen LogP contribution is -2.54. The maximum Gasteiger partial charge on any atom is 0.170 e. The number of aliphatic hydroxyl groups excluding tert-OH is 3. The maximum absolute atomic E-state index is 9.16. The van der Waals surface area contributed by atoms with Crippen molar-refractivity contribution in [2.45, 2.75) is 12.1 Å². The summed E-state index contributed by atoms with van der Waals surface area (Å²) in [6.07, 6.45) is 0. The molecule has 7 N–H and O–H groups in total. The Bertz CT molecular complexity index is 407. The highest BCUT2D eigenvalue weighted by Gasteiger charge is 2.26. The Hall–Kier alpha value is -1.67. The fraction of sp³-hybridized carbons (Fsp3) is 0.417. The third kappa shape index (κ3) is 3.90. The van der Waals surface area contributed by atoms with Crippen LogP contribution in [0.3, 0.4) is 0 Å². The van der Waals surface area contributed by atoms with Crippen molar-refractivity contribution in [2.24, 2.45) is 10.9 Å². The van der Waals surface area contributed by atoms with Crippen molar-refractivity contribution in [1.29, 1.82) is 0 Å². The molecule has 7 nitrogen and oxygen atoms in total. The molecule has 19 heavy (non-hydrogen) atoms. The number of rotatable bonds is 7. The Morgan fingerprint density at radius 2 is 1.63 bits per heavy atom. The van der Waals surface area contributed by atoms with Gasteiger partial charge in [0.25, 0.3) is 0 Å². The zero-order valence-electron chi connectivity index (χ0n) is 10.5. The second kappa shape index (κ2) is 7.05. The van der Waals surface area contributed by atoms with Gasteiger partial charge in [0.2, 0.25) is 0 Å². The smallest absolute Gasteiger partial charge is 0.170 e. The Morgan fingerprint density at radius 1 is 1.11 bits per heavy atom. The first-order valence-electron chi connectivity index (χ1n) is 5.75. The van der Waals surface area contributed by atoms with Gasteiger partial charge in [-0.15, -0.1) is 0 Å². The largest absolute Gasteiger partial charge is 0.409 e. The third-order valence-corrected chi connectivity index (χ3v) is 2.93. The van der Waals surface area contributed by atoms with E-state index >= 15 is 0 Å². The van der Waals surface area contributed by atoms with Gasteiger partial charge in [0.1, 0.15) is 0 Å². The summed E-state index contributed by atoms with van der Waals surface area (Å²) in [7, 11) is 0. The molecule has 0 aliphatic rings. The van der Waals surface area contributed by atoms with E-state index in [4.69, 9.17) is 26.3 Å². The van der Waals surface area contributed by atoms with Crippen LogP contribution in [0.2, 0.25) is 0 Å². The summed E-state index contributed by atoms with van der Waals surface area (Å²) in [5.74, 6) is 0.0231. The highest BCUT2D eigenvalue weighted by molar-refractivity contribution is 5.96. The number of hydrogen-bond donors (Lipinski definition) is 6. The molecule has 1 rings (SSSR count). The molecule has 0 radical (unpaired) electrons. The molecular formula is C12H19N3O4. The molecule has 106 valence electrons. The number of benzene rings is 1. The SMILES string of the molecule is N/C(=N/O)c1ccc(CNC(CO)(CO)CO)cc1. The average molecular weight is 269 g/mol. The molecule has 0 aromatic heterocycles. The van der Waals surface area contributed by atoms with E-state index in [1.807, 2.05) is 0 Å². The first kappa shape index (κ1) is 15.4. The Morgan fingerprint density at radius 3 is 2.05 bits per heavy atom. The highest BCUT2D eigenvalue weighted by atomic mass is 16.4. The minimum atomic E-state index is -1.11. The van der Waals surface area contributed by atoms with E-state index in [1.54, 1.807) is 24.3 Å². The van der Waals surface area contributed by atoms with E-state index in [2.05, 4.69) is 10.5 Å². The van der Waals surface area contributed by atoms with Crippen LogP contribution in [0.15, 0.2) is 29.4 Å². The molecular weight excluding hydrogens is 250 g/mol. The van der Waals surface area contributed by atoms with Gasteiger partial charge in [0.05, 0.1) is 25.4 Å². The third-order valence-electron chi connectivity index (χ3n) is 2.93. The van der Waals surface area contributed by atoms with Gasteiger partial charge in [0, 0.05) is 12.1 Å². The van der Waals surface area contributed by atoms with Crippen LogP contribution in [0.25, 0.3) is 0 Å². The zero-order valence-corrected chi connectivity index (χ0v) is 10.5. The van der Waals surface area contributed by atoms with Crippen molar-refractivity contribution < 1.29 is 20.5 Å². The fourth-order valence-electron chi connectivity index (χ4n) is 1.46. The van der Waals surface area contributed by atoms with E-state index in [9.17, 15) is 0 Å². The van der Waals surface area contributed by atoms with E-state index in [-0.39, 0.29) is 25.7 Å². The molecule has 1 aromatic rings. The number of oxime groups is 1. The number of amidine groups is 1. The number of hydrogen-bond acceptors (Lipinski definition) is 6. The molecule has 0 spiro atoms. The van der Waals surface area contributed by atoms with Gasteiger partial charge in [-0.05, 0) is 5.56 Å². The highest BCUT2D eigenvalue weighted by Crippen LogP contribution is 2.07. The molecule has 0 atom stereocenters. The second-order valence-electron chi connectivity index (χ2n) is 4.29. The van der Waals surface area contributed by atoms with Crippen molar-refractivity contribution in [2.75, 3.05) is 19.8 Å².